The summed E-state index contributed by atoms with van der Waals surface area (Å²) in [5.41, 5.74) is 5.11. The fourth-order valence-electron chi connectivity index (χ4n) is 6.18. The monoisotopic (exact) mass is 617 g/mol. The van der Waals surface area contributed by atoms with E-state index >= 15 is 0 Å². The van der Waals surface area contributed by atoms with Crippen LogP contribution in [0.3, 0.4) is 0 Å². The summed E-state index contributed by atoms with van der Waals surface area (Å²) in [4.78, 5) is 46.1. The maximum Gasteiger partial charge on any atom is 0.410 e. The van der Waals surface area contributed by atoms with Crippen LogP contribution >= 0.6 is 11.3 Å². The number of carbonyl (C=O) groups excluding carboxylic acids is 3. The van der Waals surface area contributed by atoms with E-state index in [0.29, 0.717) is 43.0 Å². The maximum absolute atomic E-state index is 13.4. The van der Waals surface area contributed by atoms with Gasteiger partial charge in [0.05, 0.1) is 16.6 Å². The number of para-hydroxylation sites is 1. The Morgan fingerprint density at radius 2 is 1.78 bits per heavy atom. The largest absolute Gasteiger partial charge is 0.445 e. The molecular weight excluding hydrogens is 586 g/mol. The number of rotatable bonds is 7. The molecule has 2 aromatic heterocycles. The number of amides is 3. The number of piperidine rings is 1. The summed E-state index contributed by atoms with van der Waals surface area (Å²) in [6, 6.07) is 26.9. The predicted molar refractivity (Wildman–Crippen MR) is 176 cm³/mol. The SMILES string of the molecule is O=C(Nc1ccc2c(c1)C1(CCN(C(=O)OCc3ccccc3)CC1)C(=O)N2)c1sccc1NCc1ccnc2ccccc12. The standard InChI is InChI=1S/C35H31N5O4S/c41-32(31-30(13-19-45-31)37-21-24-12-16-36-28-9-5-4-8-26(24)28)38-25-10-11-29-27(20-25)35(33(42)39-29)14-17-40(18-15-35)34(43)44-22-23-6-2-1-3-7-23/h1-13,16,19-20,37H,14-15,17-18,21-22H2,(H,38,41)(H,39,42). The normalized spacial score (nSPS) is 15.0. The first-order valence-corrected chi connectivity index (χ1v) is 15.8. The van der Waals surface area contributed by atoms with Gasteiger partial charge < -0.3 is 25.6 Å². The van der Waals surface area contributed by atoms with Crippen LogP contribution in [0.5, 0.6) is 0 Å². The van der Waals surface area contributed by atoms with Crippen molar-refractivity contribution < 1.29 is 19.1 Å². The third-order valence-electron chi connectivity index (χ3n) is 8.64. The second-order valence-electron chi connectivity index (χ2n) is 11.3. The van der Waals surface area contributed by atoms with Crippen molar-refractivity contribution in [3.63, 3.8) is 0 Å². The van der Waals surface area contributed by atoms with Crippen molar-refractivity contribution in [3.05, 3.63) is 118 Å². The van der Waals surface area contributed by atoms with E-state index in [0.717, 1.165) is 39.0 Å². The van der Waals surface area contributed by atoms with Gasteiger partial charge in [-0.3, -0.25) is 14.6 Å². The molecule has 0 aliphatic carbocycles. The van der Waals surface area contributed by atoms with Crippen LogP contribution < -0.4 is 16.0 Å². The van der Waals surface area contributed by atoms with Gasteiger partial charge in [0.25, 0.3) is 5.91 Å². The molecule has 7 rings (SSSR count). The average molecular weight is 618 g/mol. The number of thiophene rings is 1. The van der Waals surface area contributed by atoms with E-state index in [9.17, 15) is 14.4 Å². The van der Waals surface area contributed by atoms with Crippen LogP contribution in [0.4, 0.5) is 21.9 Å². The molecule has 4 heterocycles. The molecule has 1 fully saturated rings. The molecular formula is C35H31N5O4S. The Labute approximate surface area is 264 Å². The zero-order valence-corrected chi connectivity index (χ0v) is 25.2. The Kier molecular flexibility index (Phi) is 7.64. The van der Waals surface area contributed by atoms with Crippen LogP contribution in [0.2, 0.25) is 0 Å². The first-order valence-electron chi connectivity index (χ1n) is 14.9. The topological polar surface area (TPSA) is 113 Å². The van der Waals surface area contributed by atoms with E-state index < -0.39 is 5.41 Å². The van der Waals surface area contributed by atoms with Gasteiger partial charge in [-0.15, -0.1) is 11.3 Å². The average Bonchev–Trinajstić information content (AvgIpc) is 3.66. The molecule has 2 aliphatic heterocycles. The van der Waals surface area contributed by atoms with E-state index in [1.807, 2.05) is 84.2 Å². The lowest BCUT2D eigenvalue weighted by molar-refractivity contribution is -0.122. The zero-order valence-electron chi connectivity index (χ0n) is 24.4. The van der Waals surface area contributed by atoms with Crippen LogP contribution in [0.15, 0.2) is 96.5 Å². The van der Waals surface area contributed by atoms with Gasteiger partial charge in [-0.2, -0.15) is 0 Å². The molecule has 1 saturated heterocycles. The fourth-order valence-corrected chi connectivity index (χ4v) is 6.95. The molecule has 226 valence electrons. The summed E-state index contributed by atoms with van der Waals surface area (Å²) >= 11 is 1.37. The van der Waals surface area contributed by atoms with Gasteiger partial charge in [0.15, 0.2) is 0 Å². The summed E-state index contributed by atoms with van der Waals surface area (Å²) in [6.07, 6.45) is 2.34. The third-order valence-corrected chi connectivity index (χ3v) is 9.55. The molecule has 3 amide bonds. The number of fused-ring (bicyclic) bond motifs is 3. The molecule has 0 saturated carbocycles. The predicted octanol–water partition coefficient (Wildman–Crippen LogP) is 6.78. The molecule has 9 nitrogen and oxygen atoms in total. The summed E-state index contributed by atoms with van der Waals surface area (Å²) in [6.45, 7) is 1.55. The molecule has 0 bridgehead atoms. The smallest absolute Gasteiger partial charge is 0.410 e. The summed E-state index contributed by atoms with van der Waals surface area (Å²) in [5.74, 6) is -0.305. The number of ether oxygens (including phenoxy) is 1. The first-order chi connectivity index (χ1) is 22.0. The number of nitrogens with zero attached hydrogens (tertiary/aromatic N) is 2. The van der Waals surface area contributed by atoms with Gasteiger partial charge in [-0.1, -0.05) is 48.5 Å². The van der Waals surface area contributed by atoms with E-state index in [1.165, 1.54) is 11.3 Å². The van der Waals surface area contributed by atoms with Crippen LogP contribution in [0, 0.1) is 0 Å². The van der Waals surface area contributed by atoms with Gasteiger partial charge >= 0.3 is 6.09 Å². The van der Waals surface area contributed by atoms with Crippen molar-refractivity contribution in [2.24, 2.45) is 0 Å². The maximum atomic E-state index is 13.4. The van der Waals surface area contributed by atoms with Crippen molar-refractivity contribution in [1.82, 2.24) is 9.88 Å². The second kappa shape index (κ2) is 12.0. The van der Waals surface area contributed by atoms with Gasteiger partial charge in [-0.05, 0) is 71.3 Å². The summed E-state index contributed by atoms with van der Waals surface area (Å²) < 4.78 is 5.52. The van der Waals surface area contributed by atoms with Crippen molar-refractivity contribution in [3.8, 4) is 0 Å². The van der Waals surface area contributed by atoms with Gasteiger partial charge in [0.1, 0.15) is 11.5 Å². The molecule has 45 heavy (non-hydrogen) atoms. The number of nitrogens with one attached hydrogen (secondary N) is 3. The number of pyridine rings is 1. The van der Waals surface area contributed by atoms with Crippen LogP contribution in [0.25, 0.3) is 10.9 Å². The summed E-state index contributed by atoms with van der Waals surface area (Å²) in [7, 11) is 0. The van der Waals surface area contributed by atoms with Gasteiger partial charge in [0.2, 0.25) is 5.91 Å². The van der Waals surface area contributed by atoms with Crippen molar-refractivity contribution in [1.29, 1.82) is 0 Å². The number of hydrogen-bond donors (Lipinski definition) is 3. The highest BCUT2D eigenvalue weighted by Gasteiger charge is 2.49. The van der Waals surface area contributed by atoms with Crippen molar-refractivity contribution in [2.75, 3.05) is 29.0 Å². The number of likely N-dealkylation sites (tertiary alicyclic amines) is 1. The van der Waals surface area contributed by atoms with Crippen molar-refractivity contribution >= 4 is 57.2 Å². The molecule has 10 heteroatoms. The molecule has 1 spiro atoms. The highest BCUT2D eigenvalue weighted by Crippen LogP contribution is 2.46. The quantitative estimate of drug-likeness (QED) is 0.186. The number of carbonyl (C=O) groups is 3. The van der Waals surface area contributed by atoms with Crippen LogP contribution in [0.1, 0.15) is 39.2 Å². The number of benzene rings is 3. The Hall–Kier alpha value is -5.22. The highest BCUT2D eigenvalue weighted by molar-refractivity contribution is 7.12. The molecule has 5 aromatic rings. The third kappa shape index (κ3) is 5.60. The Morgan fingerprint density at radius 3 is 2.62 bits per heavy atom. The number of aromatic nitrogens is 1. The minimum absolute atomic E-state index is 0.0772. The van der Waals surface area contributed by atoms with E-state index in [2.05, 4.69) is 20.9 Å². The first kappa shape index (κ1) is 28.5. The lowest BCUT2D eigenvalue weighted by Crippen LogP contribution is -2.48. The van der Waals surface area contributed by atoms with E-state index in [4.69, 9.17) is 4.74 Å². The van der Waals surface area contributed by atoms with Gasteiger partial charge in [-0.25, -0.2) is 4.79 Å². The Bertz CT molecular complexity index is 1890. The van der Waals surface area contributed by atoms with Crippen LogP contribution in [-0.2, 0) is 28.1 Å². The lowest BCUT2D eigenvalue weighted by Gasteiger charge is -2.37. The molecule has 2 aliphatic rings. The minimum Gasteiger partial charge on any atom is -0.445 e. The van der Waals surface area contributed by atoms with Crippen LogP contribution in [-0.4, -0.2) is 40.9 Å². The van der Waals surface area contributed by atoms with E-state index in [1.54, 1.807) is 17.2 Å². The lowest BCUT2D eigenvalue weighted by atomic mass is 9.73. The summed E-state index contributed by atoms with van der Waals surface area (Å²) in [5, 5.41) is 12.4. The Balaban J connectivity index is 1.02. The molecule has 3 N–H and O–H groups in total. The number of anilines is 3. The molecule has 0 radical (unpaired) electrons. The minimum atomic E-state index is -0.769. The fraction of sp³-hybridized carbons (Fsp3) is 0.200. The zero-order chi connectivity index (χ0) is 30.8. The van der Waals surface area contributed by atoms with Gasteiger partial charge in [0, 0.05) is 42.6 Å². The Morgan fingerprint density at radius 1 is 0.978 bits per heavy atom. The molecule has 0 unspecified atom stereocenters. The molecule has 0 atom stereocenters. The highest BCUT2D eigenvalue weighted by atomic mass is 32.1. The van der Waals surface area contributed by atoms with Crippen molar-refractivity contribution in [2.45, 2.75) is 31.4 Å². The second-order valence-corrected chi connectivity index (χ2v) is 12.2. The number of hydrogen-bond acceptors (Lipinski definition) is 7. The van der Waals surface area contributed by atoms with E-state index in [-0.39, 0.29) is 24.5 Å². The molecule has 3 aromatic carbocycles.